The fourth-order valence-corrected chi connectivity index (χ4v) is 1.54. The van der Waals surface area contributed by atoms with Crippen LogP contribution in [0.5, 0.6) is 0 Å². The summed E-state index contributed by atoms with van der Waals surface area (Å²) in [6, 6.07) is 4.45. The van der Waals surface area contributed by atoms with Crippen molar-refractivity contribution in [2.45, 2.75) is 19.5 Å². The molecule has 4 nitrogen and oxygen atoms in total. The van der Waals surface area contributed by atoms with Crippen LogP contribution >= 0.6 is 11.6 Å². The lowest BCUT2D eigenvalue weighted by Crippen LogP contribution is -2.08. The number of nitrogens with zero attached hydrogens (tertiary/aromatic N) is 3. The molecule has 2 aromatic rings. The van der Waals surface area contributed by atoms with E-state index < -0.39 is 5.82 Å². The molecule has 1 unspecified atom stereocenters. The van der Waals surface area contributed by atoms with Gasteiger partial charge in [-0.3, -0.25) is 0 Å². The van der Waals surface area contributed by atoms with Crippen LogP contribution in [-0.2, 0) is 6.54 Å². The van der Waals surface area contributed by atoms with Gasteiger partial charge in [-0.2, -0.15) is 5.10 Å². The summed E-state index contributed by atoms with van der Waals surface area (Å²) in [5.41, 5.74) is 6.42. The number of halogens is 2. The molecule has 0 spiro atoms. The average molecular weight is 255 g/mol. The number of aromatic nitrogens is 3. The predicted molar refractivity (Wildman–Crippen MR) is 63.1 cm³/mol. The number of nitrogens with two attached hydrogens (primary N) is 1. The van der Waals surface area contributed by atoms with Crippen LogP contribution in [0.3, 0.4) is 0 Å². The second-order valence-electron chi connectivity index (χ2n) is 3.84. The largest absolute Gasteiger partial charge is 0.321 e. The molecule has 0 saturated heterocycles. The number of hydrogen-bond donors (Lipinski definition) is 1. The average Bonchev–Trinajstić information content (AvgIpc) is 2.72. The van der Waals surface area contributed by atoms with E-state index in [2.05, 4.69) is 10.1 Å². The zero-order chi connectivity index (χ0) is 12.4. The molecule has 1 aromatic carbocycles. The first-order valence-corrected chi connectivity index (χ1v) is 5.53. The van der Waals surface area contributed by atoms with E-state index in [9.17, 15) is 4.39 Å². The minimum absolute atomic E-state index is 0.114. The van der Waals surface area contributed by atoms with Gasteiger partial charge in [-0.25, -0.2) is 14.1 Å². The maximum atomic E-state index is 13.2. The molecule has 6 heteroatoms. The summed E-state index contributed by atoms with van der Waals surface area (Å²) < 4.78 is 14.8. The Morgan fingerprint density at radius 1 is 1.53 bits per heavy atom. The van der Waals surface area contributed by atoms with Gasteiger partial charge in [-0.1, -0.05) is 17.7 Å². The quantitative estimate of drug-likeness (QED) is 0.913. The second-order valence-corrected chi connectivity index (χ2v) is 4.24. The minimum atomic E-state index is -0.434. The molecule has 2 rings (SSSR count). The molecular weight excluding hydrogens is 243 g/mol. The summed E-state index contributed by atoms with van der Waals surface area (Å²) in [7, 11) is 0. The predicted octanol–water partition coefficient (Wildman–Crippen LogP) is 2.14. The minimum Gasteiger partial charge on any atom is -0.321 e. The van der Waals surface area contributed by atoms with Gasteiger partial charge in [0.1, 0.15) is 12.1 Å². The van der Waals surface area contributed by atoms with Crippen LogP contribution in [0, 0.1) is 5.82 Å². The molecule has 90 valence electrons. The van der Waals surface area contributed by atoms with Crippen molar-refractivity contribution in [1.82, 2.24) is 14.8 Å². The Morgan fingerprint density at radius 2 is 2.29 bits per heavy atom. The van der Waals surface area contributed by atoms with Gasteiger partial charge in [0.2, 0.25) is 0 Å². The van der Waals surface area contributed by atoms with E-state index in [1.807, 2.05) is 6.92 Å². The molecule has 17 heavy (non-hydrogen) atoms. The van der Waals surface area contributed by atoms with E-state index >= 15 is 0 Å². The number of benzene rings is 1. The van der Waals surface area contributed by atoms with Gasteiger partial charge in [0.05, 0.1) is 17.6 Å². The van der Waals surface area contributed by atoms with Gasteiger partial charge in [-0.05, 0) is 24.6 Å². The number of rotatable bonds is 3. The Kier molecular flexibility index (Phi) is 3.40. The number of hydrogen-bond acceptors (Lipinski definition) is 3. The zero-order valence-corrected chi connectivity index (χ0v) is 10.0. The molecule has 0 aliphatic rings. The van der Waals surface area contributed by atoms with E-state index in [4.69, 9.17) is 17.3 Å². The van der Waals surface area contributed by atoms with Crippen LogP contribution in [0.15, 0.2) is 24.5 Å². The highest BCUT2D eigenvalue weighted by molar-refractivity contribution is 6.30. The topological polar surface area (TPSA) is 56.7 Å². The van der Waals surface area contributed by atoms with Gasteiger partial charge in [0, 0.05) is 0 Å². The molecule has 1 heterocycles. The lowest BCUT2D eigenvalue weighted by molar-refractivity contribution is 0.616. The summed E-state index contributed by atoms with van der Waals surface area (Å²) in [5.74, 6) is 0.135. The molecule has 0 fully saturated rings. The highest BCUT2D eigenvalue weighted by Gasteiger charge is 2.07. The summed E-state index contributed by atoms with van der Waals surface area (Å²) in [4.78, 5) is 4.06. The molecule has 0 amide bonds. The van der Waals surface area contributed by atoms with E-state index in [1.54, 1.807) is 17.1 Å². The molecule has 0 bridgehead atoms. The van der Waals surface area contributed by atoms with Gasteiger partial charge >= 0.3 is 0 Å². The van der Waals surface area contributed by atoms with Gasteiger partial charge in [-0.15, -0.1) is 0 Å². The van der Waals surface area contributed by atoms with Crippen molar-refractivity contribution in [3.8, 4) is 0 Å². The van der Waals surface area contributed by atoms with Crippen LogP contribution in [0.25, 0.3) is 0 Å². The SMILES string of the molecule is CC(N)c1ncn(Cc2ccc(Cl)c(F)c2)n1. The smallest absolute Gasteiger partial charge is 0.166 e. The Hall–Kier alpha value is -1.46. The van der Waals surface area contributed by atoms with Crippen LogP contribution in [0.1, 0.15) is 24.4 Å². The molecule has 0 radical (unpaired) electrons. The lowest BCUT2D eigenvalue weighted by atomic mass is 10.2. The molecular formula is C11H12ClFN4. The molecule has 2 N–H and O–H groups in total. The van der Waals surface area contributed by atoms with E-state index in [0.29, 0.717) is 12.4 Å². The van der Waals surface area contributed by atoms with Crippen molar-refractivity contribution in [3.63, 3.8) is 0 Å². The standard InChI is InChI=1S/C11H12ClFN4/c1-7(14)11-15-6-17(16-11)5-8-2-3-9(12)10(13)4-8/h2-4,6-7H,5,14H2,1H3. The summed E-state index contributed by atoms with van der Waals surface area (Å²) in [6.07, 6.45) is 1.57. The highest BCUT2D eigenvalue weighted by Crippen LogP contribution is 2.16. The fraction of sp³-hybridized carbons (Fsp3) is 0.273. The monoisotopic (exact) mass is 254 g/mol. The van der Waals surface area contributed by atoms with Gasteiger partial charge < -0.3 is 5.73 Å². The van der Waals surface area contributed by atoms with Crippen LogP contribution < -0.4 is 5.73 Å². The maximum Gasteiger partial charge on any atom is 0.166 e. The molecule has 0 aliphatic carbocycles. The van der Waals surface area contributed by atoms with E-state index in [-0.39, 0.29) is 11.1 Å². The second kappa shape index (κ2) is 4.81. The summed E-state index contributed by atoms with van der Waals surface area (Å²) in [5, 5.41) is 4.30. The molecule has 0 saturated carbocycles. The third kappa shape index (κ3) is 2.81. The first kappa shape index (κ1) is 12.0. The molecule has 0 aliphatic heterocycles. The van der Waals surface area contributed by atoms with Crippen molar-refractivity contribution in [1.29, 1.82) is 0 Å². The molecule has 1 aromatic heterocycles. The van der Waals surface area contributed by atoms with Gasteiger partial charge in [0.15, 0.2) is 5.82 Å². The lowest BCUT2D eigenvalue weighted by Gasteiger charge is -2.02. The van der Waals surface area contributed by atoms with Crippen molar-refractivity contribution < 1.29 is 4.39 Å². The first-order chi connectivity index (χ1) is 8.06. The van der Waals surface area contributed by atoms with Crippen LogP contribution in [0.4, 0.5) is 4.39 Å². The maximum absolute atomic E-state index is 13.2. The van der Waals surface area contributed by atoms with Crippen molar-refractivity contribution in [2.75, 3.05) is 0 Å². The van der Waals surface area contributed by atoms with Crippen molar-refractivity contribution in [3.05, 3.63) is 46.8 Å². The zero-order valence-electron chi connectivity index (χ0n) is 9.27. The summed E-state index contributed by atoms with van der Waals surface area (Å²) in [6.45, 7) is 2.25. The van der Waals surface area contributed by atoms with E-state index in [0.717, 1.165) is 5.56 Å². The van der Waals surface area contributed by atoms with Crippen molar-refractivity contribution >= 4 is 11.6 Å². The Balaban J connectivity index is 2.16. The van der Waals surface area contributed by atoms with Gasteiger partial charge in [0.25, 0.3) is 0 Å². The normalized spacial score (nSPS) is 12.7. The Bertz CT molecular complexity index is 524. The van der Waals surface area contributed by atoms with E-state index in [1.165, 1.54) is 12.1 Å². The van der Waals surface area contributed by atoms with Crippen LogP contribution in [-0.4, -0.2) is 14.8 Å². The third-order valence-corrected chi connectivity index (χ3v) is 2.60. The Labute approximate surface area is 103 Å². The van der Waals surface area contributed by atoms with Crippen molar-refractivity contribution in [2.24, 2.45) is 5.73 Å². The third-order valence-electron chi connectivity index (χ3n) is 2.29. The van der Waals surface area contributed by atoms with Crippen LogP contribution in [0.2, 0.25) is 5.02 Å². The molecule has 1 atom stereocenters. The highest BCUT2D eigenvalue weighted by atomic mass is 35.5. The Morgan fingerprint density at radius 3 is 2.88 bits per heavy atom. The first-order valence-electron chi connectivity index (χ1n) is 5.15. The fourth-order valence-electron chi connectivity index (χ4n) is 1.42. The summed E-state index contributed by atoms with van der Waals surface area (Å²) >= 11 is 5.60.